The highest BCUT2D eigenvalue weighted by Crippen LogP contribution is 2.12. The van der Waals surface area contributed by atoms with Gasteiger partial charge in [-0.05, 0) is 25.7 Å². The van der Waals surface area contributed by atoms with E-state index in [0.717, 1.165) is 19.1 Å². The molecule has 0 spiro atoms. The molecule has 19 heavy (non-hydrogen) atoms. The largest absolute Gasteiger partial charge is 0.303 e. The summed E-state index contributed by atoms with van der Waals surface area (Å²) in [6.07, 6.45) is 23.7. The molecule has 0 aliphatic carbocycles. The molecular formula is C18H34O. The minimum atomic E-state index is 0.757. The predicted molar refractivity (Wildman–Crippen MR) is 85.5 cm³/mol. The van der Waals surface area contributed by atoms with Crippen LogP contribution in [0.2, 0.25) is 0 Å². The van der Waals surface area contributed by atoms with E-state index in [9.17, 15) is 4.79 Å². The fourth-order valence-electron chi connectivity index (χ4n) is 2.37. The molecule has 0 aromatic heterocycles. The van der Waals surface area contributed by atoms with Crippen molar-refractivity contribution in [1.29, 1.82) is 0 Å². The van der Waals surface area contributed by atoms with E-state index >= 15 is 0 Å². The summed E-state index contributed by atoms with van der Waals surface area (Å²) in [4.78, 5) is 10.1. The van der Waals surface area contributed by atoms with Gasteiger partial charge in [0.25, 0.3) is 0 Å². The van der Waals surface area contributed by atoms with Gasteiger partial charge in [0.15, 0.2) is 0 Å². The maximum absolute atomic E-state index is 10.1. The maximum Gasteiger partial charge on any atom is 0.119 e. The smallest absolute Gasteiger partial charge is 0.119 e. The Balaban J connectivity index is 2.95. The lowest BCUT2D eigenvalue weighted by Crippen LogP contribution is -1.83. The van der Waals surface area contributed by atoms with E-state index < -0.39 is 0 Å². The van der Waals surface area contributed by atoms with Gasteiger partial charge in [0, 0.05) is 6.42 Å². The highest BCUT2D eigenvalue weighted by molar-refractivity contribution is 5.48. The van der Waals surface area contributed by atoms with Crippen molar-refractivity contribution in [3.63, 3.8) is 0 Å². The molecule has 112 valence electrons. The number of hydrogen-bond acceptors (Lipinski definition) is 1. The first-order chi connectivity index (χ1) is 9.41. The van der Waals surface area contributed by atoms with Crippen LogP contribution in [-0.4, -0.2) is 6.29 Å². The number of rotatable bonds is 15. The highest BCUT2D eigenvalue weighted by Gasteiger charge is 1.93. The van der Waals surface area contributed by atoms with Gasteiger partial charge in [-0.25, -0.2) is 0 Å². The van der Waals surface area contributed by atoms with Crippen LogP contribution in [0.5, 0.6) is 0 Å². The summed E-state index contributed by atoms with van der Waals surface area (Å²) >= 11 is 0. The highest BCUT2D eigenvalue weighted by atomic mass is 16.1. The molecule has 0 radical (unpaired) electrons. The van der Waals surface area contributed by atoms with E-state index in [4.69, 9.17) is 0 Å². The molecule has 0 saturated heterocycles. The van der Waals surface area contributed by atoms with Crippen molar-refractivity contribution in [2.45, 2.75) is 96.8 Å². The molecule has 0 aliphatic rings. The van der Waals surface area contributed by atoms with Gasteiger partial charge < -0.3 is 4.79 Å². The molecule has 0 atom stereocenters. The Morgan fingerprint density at radius 3 is 1.42 bits per heavy atom. The second-order valence-corrected chi connectivity index (χ2v) is 5.51. The Bertz CT molecular complexity index is 196. The normalized spacial score (nSPS) is 11.2. The molecule has 0 fully saturated rings. The number of carbonyl (C=O) groups is 1. The Hall–Kier alpha value is -0.590. The zero-order valence-electron chi connectivity index (χ0n) is 13.0. The van der Waals surface area contributed by atoms with Gasteiger partial charge in [-0.1, -0.05) is 76.9 Å². The summed E-state index contributed by atoms with van der Waals surface area (Å²) < 4.78 is 0. The van der Waals surface area contributed by atoms with Gasteiger partial charge >= 0.3 is 0 Å². The van der Waals surface area contributed by atoms with Gasteiger partial charge in [0.1, 0.15) is 6.29 Å². The van der Waals surface area contributed by atoms with Gasteiger partial charge in [0.2, 0.25) is 0 Å². The molecule has 0 amide bonds. The summed E-state index contributed by atoms with van der Waals surface area (Å²) in [5.41, 5.74) is 0. The van der Waals surface area contributed by atoms with Crippen LogP contribution >= 0.6 is 0 Å². The molecule has 0 unspecified atom stereocenters. The molecule has 1 nitrogen and oxygen atoms in total. The number of hydrogen-bond donors (Lipinski definition) is 0. The van der Waals surface area contributed by atoms with Gasteiger partial charge in [-0.3, -0.25) is 0 Å². The van der Waals surface area contributed by atoms with E-state index in [0.29, 0.717) is 0 Å². The van der Waals surface area contributed by atoms with Crippen molar-refractivity contribution >= 4 is 6.29 Å². The summed E-state index contributed by atoms with van der Waals surface area (Å²) in [6.45, 7) is 2.19. The topological polar surface area (TPSA) is 17.1 Å². The summed E-state index contributed by atoms with van der Waals surface area (Å²) in [5, 5.41) is 0. The number of unbranched alkanes of at least 4 members (excludes halogenated alkanes) is 12. The molecule has 1 heteroatoms. The molecule has 0 aliphatic heterocycles. The van der Waals surface area contributed by atoms with Crippen LogP contribution in [0.3, 0.4) is 0 Å². The quantitative estimate of drug-likeness (QED) is 0.195. The molecular weight excluding hydrogens is 232 g/mol. The molecule has 0 heterocycles. The Morgan fingerprint density at radius 1 is 0.579 bits per heavy atom. The third-order valence-electron chi connectivity index (χ3n) is 3.60. The Morgan fingerprint density at radius 2 is 1.00 bits per heavy atom. The van der Waals surface area contributed by atoms with Crippen LogP contribution in [-0.2, 0) is 4.79 Å². The van der Waals surface area contributed by atoms with Crippen molar-refractivity contribution in [3.05, 3.63) is 12.2 Å². The minimum absolute atomic E-state index is 0.757. The van der Waals surface area contributed by atoms with Crippen molar-refractivity contribution in [2.75, 3.05) is 0 Å². The predicted octanol–water partition coefficient (Wildman–Crippen LogP) is 6.22. The molecule has 0 bridgehead atoms. The summed E-state index contributed by atoms with van der Waals surface area (Å²) in [5.74, 6) is 0. The third kappa shape index (κ3) is 17.4. The molecule has 0 rings (SSSR count). The first-order valence-electron chi connectivity index (χ1n) is 8.50. The Labute approximate surface area is 120 Å². The van der Waals surface area contributed by atoms with Crippen LogP contribution < -0.4 is 0 Å². The first-order valence-corrected chi connectivity index (χ1v) is 8.50. The summed E-state index contributed by atoms with van der Waals surface area (Å²) in [6, 6.07) is 0. The average Bonchev–Trinajstić information content (AvgIpc) is 2.43. The van der Waals surface area contributed by atoms with E-state index in [1.54, 1.807) is 0 Å². The molecule has 0 saturated carbocycles. The average molecular weight is 266 g/mol. The van der Waals surface area contributed by atoms with E-state index in [1.807, 2.05) is 0 Å². The van der Waals surface area contributed by atoms with Gasteiger partial charge in [0.05, 0.1) is 0 Å². The number of allylic oxidation sites excluding steroid dienone is 2. The molecule has 0 aromatic rings. The zero-order chi connectivity index (χ0) is 14.0. The van der Waals surface area contributed by atoms with Crippen molar-refractivity contribution in [1.82, 2.24) is 0 Å². The monoisotopic (exact) mass is 266 g/mol. The standard InChI is InChI=1S/C18H34O/c1-2-3-4-5-6-7-8-9-10-11-12-13-14-15-16-17-18-19/h3-4,18H,2,5-17H2,1H3. The van der Waals surface area contributed by atoms with E-state index in [-0.39, 0.29) is 0 Å². The zero-order valence-corrected chi connectivity index (χ0v) is 13.0. The molecule has 0 N–H and O–H groups in total. The second kappa shape index (κ2) is 17.4. The lowest BCUT2D eigenvalue weighted by Gasteiger charge is -2.02. The maximum atomic E-state index is 10.1. The SMILES string of the molecule is CCC=CCCCCCCCCCCCCCC=O. The van der Waals surface area contributed by atoms with Crippen LogP contribution in [0.4, 0.5) is 0 Å². The Kier molecular flexibility index (Phi) is 16.9. The van der Waals surface area contributed by atoms with Crippen molar-refractivity contribution in [3.8, 4) is 0 Å². The van der Waals surface area contributed by atoms with Crippen molar-refractivity contribution in [2.24, 2.45) is 0 Å². The lowest BCUT2D eigenvalue weighted by molar-refractivity contribution is -0.107. The fourth-order valence-corrected chi connectivity index (χ4v) is 2.37. The van der Waals surface area contributed by atoms with Crippen LogP contribution in [0, 0.1) is 0 Å². The lowest BCUT2D eigenvalue weighted by atomic mass is 10.0. The third-order valence-corrected chi connectivity index (χ3v) is 3.60. The van der Waals surface area contributed by atoms with Gasteiger partial charge in [-0.15, -0.1) is 0 Å². The van der Waals surface area contributed by atoms with E-state index in [1.165, 1.54) is 77.0 Å². The summed E-state index contributed by atoms with van der Waals surface area (Å²) in [7, 11) is 0. The van der Waals surface area contributed by atoms with E-state index in [2.05, 4.69) is 19.1 Å². The van der Waals surface area contributed by atoms with Crippen LogP contribution in [0.1, 0.15) is 96.8 Å². The number of carbonyl (C=O) groups excluding carboxylic acids is 1. The molecule has 0 aromatic carbocycles. The van der Waals surface area contributed by atoms with Gasteiger partial charge in [-0.2, -0.15) is 0 Å². The van der Waals surface area contributed by atoms with Crippen molar-refractivity contribution < 1.29 is 4.79 Å². The second-order valence-electron chi connectivity index (χ2n) is 5.51. The first kappa shape index (κ1) is 18.4. The van der Waals surface area contributed by atoms with Crippen LogP contribution in [0.25, 0.3) is 0 Å². The fraction of sp³-hybridized carbons (Fsp3) is 0.833. The van der Waals surface area contributed by atoms with Crippen LogP contribution in [0.15, 0.2) is 12.2 Å². The number of aldehydes is 1. The minimum Gasteiger partial charge on any atom is -0.303 e.